The Balaban J connectivity index is 1.36. The first-order valence-corrected chi connectivity index (χ1v) is 11.5. The van der Waals surface area contributed by atoms with Crippen LogP contribution in [0.4, 0.5) is 0 Å². The predicted octanol–water partition coefficient (Wildman–Crippen LogP) is 5.60. The summed E-state index contributed by atoms with van der Waals surface area (Å²) in [6.45, 7) is 2.73. The minimum atomic E-state index is -0.520. The zero-order valence-electron chi connectivity index (χ0n) is 20.0. The molecule has 0 aliphatic rings. The second-order valence-electron chi connectivity index (χ2n) is 7.87. The predicted molar refractivity (Wildman–Crippen MR) is 136 cm³/mol. The highest BCUT2D eigenvalue weighted by atomic mass is 16.6. The van der Waals surface area contributed by atoms with Crippen LogP contribution in [0.1, 0.15) is 46.2 Å². The van der Waals surface area contributed by atoms with Gasteiger partial charge in [0, 0.05) is 5.39 Å². The summed E-state index contributed by atoms with van der Waals surface area (Å²) in [4.78, 5) is 24.9. The highest BCUT2D eigenvalue weighted by Gasteiger charge is 2.14. The Kier molecular flexibility index (Phi) is 7.97. The zero-order chi connectivity index (χ0) is 25.3. The Hall–Kier alpha value is -4.59. The van der Waals surface area contributed by atoms with E-state index in [1.54, 1.807) is 54.6 Å². The molecule has 8 nitrogen and oxygen atoms in total. The molecular weight excluding hydrogens is 460 g/mol. The van der Waals surface area contributed by atoms with Gasteiger partial charge in [-0.05, 0) is 66.6 Å². The van der Waals surface area contributed by atoms with Gasteiger partial charge in [0.1, 0.15) is 11.3 Å². The molecule has 0 unspecified atom stereocenters. The second-order valence-corrected chi connectivity index (χ2v) is 7.87. The van der Waals surface area contributed by atoms with Crippen LogP contribution in [0.15, 0.2) is 82.3 Å². The van der Waals surface area contributed by atoms with Crippen molar-refractivity contribution in [2.75, 3.05) is 13.7 Å². The minimum absolute atomic E-state index is 0.161. The molecule has 184 valence electrons. The largest absolute Gasteiger partial charge is 0.494 e. The molecule has 0 aliphatic carbocycles. The molecule has 1 heterocycles. The van der Waals surface area contributed by atoms with Crippen molar-refractivity contribution in [1.82, 2.24) is 5.43 Å². The summed E-state index contributed by atoms with van der Waals surface area (Å²) < 4.78 is 22.0. The number of furan rings is 1. The lowest BCUT2D eigenvalue weighted by molar-refractivity contribution is 0.0729. The van der Waals surface area contributed by atoms with Gasteiger partial charge in [0.25, 0.3) is 0 Å². The lowest BCUT2D eigenvalue weighted by Crippen LogP contribution is -2.16. The van der Waals surface area contributed by atoms with Crippen molar-refractivity contribution in [2.45, 2.75) is 19.8 Å². The van der Waals surface area contributed by atoms with Crippen LogP contribution in [0.2, 0.25) is 0 Å². The molecule has 4 rings (SSSR count). The van der Waals surface area contributed by atoms with Crippen molar-refractivity contribution < 1.29 is 28.2 Å². The van der Waals surface area contributed by atoms with Gasteiger partial charge in [-0.25, -0.2) is 10.2 Å². The van der Waals surface area contributed by atoms with E-state index in [1.165, 1.54) is 13.3 Å². The van der Waals surface area contributed by atoms with Crippen molar-refractivity contribution in [1.29, 1.82) is 0 Å². The number of amides is 1. The third kappa shape index (κ3) is 6.09. The molecule has 8 heteroatoms. The Morgan fingerprint density at radius 2 is 1.81 bits per heavy atom. The zero-order valence-corrected chi connectivity index (χ0v) is 20.0. The van der Waals surface area contributed by atoms with E-state index < -0.39 is 11.9 Å². The first kappa shape index (κ1) is 24.5. The Bertz CT molecular complexity index is 1340. The molecular formula is C28H26N2O6. The van der Waals surface area contributed by atoms with Crippen LogP contribution >= 0.6 is 0 Å². The number of hydrogen-bond donors (Lipinski definition) is 1. The number of nitrogens with one attached hydrogen (secondary N) is 1. The lowest BCUT2D eigenvalue weighted by Gasteiger charge is -2.10. The number of esters is 1. The van der Waals surface area contributed by atoms with Crippen LogP contribution in [0, 0.1) is 0 Å². The molecule has 4 aromatic rings. The van der Waals surface area contributed by atoms with E-state index in [9.17, 15) is 9.59 Å². The number of unbranched alkanes of at least 4 members (excludes halogenated alkanes) is 1. The maximum atomic E-state index is 12.6. The molecule has 0 saturated heterocycles. The van der Waals surface area contributed by atoms with Crippen molar-refractivity contribution >= 4 is 29.1 Å². The van der Waals surface area contributed by atoms with Gasteiger partial charge >= 0.3 is 11.9 Å². The molecule has 0 bridgehead atoms. The Morgan fingerprint density at radius 1 is 1.00 bits per heavy atom. The molecule has 0 saturated carbocycles. The van der Waals surface area contributed by atoms with Crippen LogP contribution in [-0.4, -0.2) is 31.8 Å². The summed E-state index contributed by atoms with van der Waals surface area (Å²) in [5.74, 6) is 0.474. The van der Waals surface area contributed by atoms with Crippen molar-refractivity contribution in [3.05, 3.63) is 89.7 Å². The maximum absolute atomic E-state index is 12.6. The van der Waals surface area contributed by atoms with Crippen LogP contribution in [0.5, 0.6) is 17.2 Å². The molecule has 36 heavy (non-hydrogen) atoms. The number of methoxy groups -OCH3 is 1. The fraction of sp³-hybridized carbons (Fsp3) is 0.179. The van der Waals surface area contributed by atoms with Gasteiger partial charge in [0.15, 0.2) is 17.3 Å². The van der Waals surface area contributed by atoms with Gasteiger partial charge in [0.2, 0.25) is 0 Å². The van der Waals surface area contributed by atoms with Gasteiger partial charge in [-0.1, -0.05) is 31.5 Å². The Labute approximate surface area is 208 Å². The van der Waals surface area contributed by atoms with E-state index in [-0.39, 0.29) is 11.5 Å². The first-order chi connectivity index (χ1) is 17.6. The highest BCUT2D eigenvalue weighted by molar-refractivity contribution is 5.96. The average Bonchev–Trinajstić information content (AvgIpc) is 3.34. The van der Waals surface area contributed by atoms with Gasteiger partial charge in [-0.15, -0.1) is 0 Å². The van der Waals surface area contributed by atoms with Crippen LogP contribution < -0.4 is 19.6 Å². The summed E-state index contributed by atoms with van der Waals surface area (Å²) in [5, 5.41) is 4.81. The van der Waals surface area contributed by atoms with Gasteiger partial charge in [0.05, 0.1) is 25.5 Å². The summed E-state index contributed by atoms with van der Waals surface area (Å²) in [6.07, 6.45) is 3.47. The molecule has 1 aromatic heterocycles. The Morgan fingerprint density at radius 3 is 2.56 bits per heavy atom. The number of hydrazone groups is 1. The first-order valence-electron chi connectivity index (χ1n) is 11.5. The molecule has 0 radical (unpaired) electrons. The summed E-state index contributed by atoms with van der Waals surface area (Å²) in [6, 6.07) is 20.7. The van der Waals surface area contributed by atoms with E-state index in [4.69, 9.17) is 18.6 Å². The summed E-state index contributed by atoms with van der Waals surface area (Å²) in [5.41, 5.74) is 4.08. The standard InChI is InChI=1S/C28H26N2O6/c1-3-4-15-34-22-12-10-20(11-13-22)28(32)36-24-14-9-19(16-25(24)33-2)18-29-30-27(31)26-17-21-7-5-6-8-23(21)35-26/h5-14,16-18H,3-4,15H2,1-2H3,(H,30,31)/b29-18-. The second kappa shape index (κ2) is 11.7. The number of nitrogens with zero attached hydrogens (tertiary/aromatic N) is 1. The van der Waals surface area contributed by atoms with Crippen LogP contribution in [0.3, 0.4) is 0 Å². The summed E-state index contributed by atoms with van der Waals surface area (Å²) in [7, 11) is 1.47. The van der Waals surface area contributed by atoms with Gasteiger partial charge in [-0.2, -0.15) is 5.10 Å². The van der Waals surface area contributed by atoms with Crippen LogP contribution in [-0.2, 0) is 0 Å². The number of ether oxygens (including phenoxy) is 3. The fourth-order valence-electron chi connectivity index (χ4n) is 3.34. The number of carbonyl (C=O) groups is 2. The molecule has 1 N–H and O–H groups in total. The average molecular weight is 487 g/mol. The topological polar surface area (TPSA) is 99.4 Å². The highest BCUT2D eigenvalue weighted by Crippen LogP contribution is 2.28. The number of rotatable bonds is 10. The van der Waals surface area contributed by atoms with Gasteiger partial charge < -0.3 is 18.6 Å². The number of fused-ring (bicyclic) bond motifs is 1. The minimum Gasteiger partial charge on any atom is -0.494 e. The molecule has 3 aromatic carbocycles. The van der Waals surface area contributed by atoms with E-state index >= 15 is 0 Å². The van der Waals surface area contributed by atoms with E-state index in [0.717, 1.165) is 18.2 Å². The molecule has 1 amide bonds. The van der Waals surface area contributed by atoms with Crippen molar-refractivity contribution in [2.24, 2.45) is 5.10 Å². The molecule has 0 atom stereocenters. The van der Waals surface area contributed by atoms with Crippen molar-refractivity contribution in [3.63, 3.8) is 0 Å². The van der Waals surface area contributed by atoms with E-state index in [0.29, 0.717) is 34.8 Å². The summed E-state index contributed by atoms with van der Waals surface area (Å²) >= 11 is 0. The van der Waals surface area contributed by atoms with Crippen LogP contribution in [0.25, 0.3) is 11.0 Å². The van der Waals surface area contributed by atoms with Crippen molar-refractivity contribution in [3.8, 4) is 17.2 Å². The maximum Gasteiger partial charge on any atom is 0.343 e. The lowest BCUT2D eigenvalue weighted by atomic mass is 10.2. The molecule has 0 spiro atoms. The molecule has 0 aliphatic heterocycles. The number of carbonyl (C=O) groups excluding carboxylic acids is 2. The van der Waals surface area contributed by atoms with E-state index in [1.807, 2.05) is 18.2 Å². The monoisotopic (exact) mass is 486 g/mol. The number of para-hydroxylation sites is 1. The third-order valence-corrected chi connectivity index (χ3v) is 5.28. The number of hydrogen-bond acceptors (Lipinski definition) is 7. The third-order valence-electron chi connectivity index (χ3n) is 5.28. The van der Waals surface area contributed by atoms with E-state index in [2.05, 4.69) is 17.5 Å². The normalized spacial score (nSPS) is 10.9. The fourth-order valence-corrected chi connectivity index (χ4v) is 3.34. The van der Waals surface area contributed by atoms with Gasteiger partial charge in [-0.3, -0.25) is 4.79 Å². The SMILES string of the molecule is CCCCOc1ccc(C(=O)Oc2ccc(/C=N\NC(=O)c3cc4ccccc4o3)cc2OC)cc1. The number of benzene rings is 3. The quantitative estimate of drug-likeness (QED) is 0.103. The smallest absolute Gasteiger partial charge is 0.343 e. The molecule has 0 fully saturated rings.